The number of nitrogens with two attached hydrogens (primary N) is 1. The third-order valence-electron chi connectivity index (χ3n) is 0.990. The van der Waals surface area contributed by atoms with Crippen LogP contribution in [-0.4, -0.2) is 15.9 Å². The number of nitrogens with zero attached hydrogens (tertiary/aromatic N) is 2. The van der Waals surface area contributed by atoms with Crippen LogP contribution in [0.25, 0.3) is 0 Å². The zero-order valence-electron chi connectivity index (χ0n) is 5.32. The first-order valence-electron chi connectivity index (χ1n) is 2.65. The molecule has 0 saturated carbocycles. The predicted octanol–water partition coefficient (Wildman–Crippen LogP) is 0.525. The fraction of sp³-hybridized carbons (Fsp3) is 0. The molecule has 1 rings (SSSR count). The average molecular weight is 218 g/mol. The highest BCUT2D eigenvalue weighted by atomic mass is 79.9. The number of carbonyl (C=O) groups is 1. The van der Waals surface area contributed by atoms with Crippen molar-refractivity contribution in [3.63, 3.8) is 0 Å². The minimum atomic E-state index is -0.657. The fourth-order valence-corrected chi connectivity index (χ4v) is 0.696. The molecule has 5 nitrogen and oxygen atoms in total. The van der Waals surface area contributed by atoms with E-state index < -0.39 is 5.97 Å². The minimum Gasteiger partial charge on any atom is -0.382 e. The Hall–Kier alpha value is -1.17. The van der Waals surface area contributed by atoms with Crippen molar-refractivity contribution in [2.45, 2.75) is 0 Å². The molecule has 1 heterocycles. The van der Waals surface area contributed by atoms with Gasteiger partial charge < -0.3 is 9.56 Å². The molecule has 0 unspecified atom stereocenters. The van der Waals surface area contributed by atoms with E-state index in [1.165, 1.54) is 12.4 Å². The predicted molar refractivity (Wildman–Crippen MR) is 40.8 cm³/mol. The molecule has 1 aromatic heterocycles. The average Bonchev–Trinajstić information content (AvgIpc) is 2.04. The van der Waals surface area contributed by atoms with E-state index >= 15 is 0 Å². The van der Waals surface area contributed by atoms with Gasteiger partial charge in [-0.15, -0.1) is 0 Å². The first-order valence-corrected chi connectivity index (χ1v) is 3.30. The Labute approximate surface area is 71.0 Å². The third-order valence-corrected chi connectivity index (χ3v) is 1.28. The number of anilines is 1. The van der Waals surface area contributed by atoms with Gasteiger partial charge in [-0.2, -0.15) is 0 Å². The molecule has 0 bridgehead atoms. The lowest BCUT2D eigenvalue weighted by atomic mass is 10.4. The molecule has 0 amide bonds. The van der Waals surface area contributed by atoms with Crippen molar-refractivity contribution < 1.29 is 8.62 Å². The van der Waals surface area contributed by atoms with Crippen LogP contribution >= 0.6 is 16.3 Å². The summed E-state index contributed by atoms with van der Waals surface area (Å²) in [5.41, 5.74) is 5.31. The largest absolute Gasteiger partial charge is 0.382 e. The van der Waals surface area contributed by atoms with E-state index in [1.54, 1.807) is 0 Å². The number of carbonyl (C=O) groups excluding carboxylic acids is 1. The summed E-state index contributed by atoms with van der Waals surface area (Å²) in [5, 5.41) is 0. The van der Waals surface area contributed by atoms with Crippen LogP contribution in [0.3, 0.4) is 0 Å². The normalized spacial score (nSPS) is 9.18. The minimum absolute atomic E-state index is 0.00405. The molecule has 1 aromatic rings. The highest BCUT2D eigenvalue weighted by Gasteiger charge is 2.11. The number of rotatable bonds is 1. The SMILES string of the molecule is Nc1nccnc1C(=O)OBr. The standard InChI is InChI=1S/C5H4BrN3O2/c6-11-5(10)3-4(7)9-2-1-8-3/h1-2H,(H2,7,9). The van der Waals surface area contributed by atoms with Crippen molar-refractivity contribution in [2.24, 2.45) is 0 Å². The summed E-state index contributed by atoms with van der Waals surface area (Å²) in [6.45, 7) is 0. The zero-order chi connectivity index (χ0) is 8.27. The number of hydrogen-bond donors (Lipinski definition) is 1. The molecule has 6 heteroatoms. The summed E-state index contributed by atoms with van der Waals surface area (Å²) in [5.74, 6) is -0.604. The third kappa shape index (κ3) is 1.64. The molecule has 0 aliphatic carbocycles. The van der Waals surface area contributed by atoms with Gasteiger partial charge in [0.05, 0.1) is 0 Å². The maximum absolute atomic E-state index is 10.8. The molecule has 0 atom stereocenters. The second kappa shape index (κ2) is 3.29. The van der Waals surface area contributed by atoms with Gasteiger partial charge in [0.25, 0.3) is 0 Å². The van der Waals surface area contributed by atoms with Crippen molar-refractivity contribution in [3.8, 4) is 0 Å². The summed E-state index contributed by atoms with van der Waals surface area (Å²) < 4.78 is 4.21. The summed E-state index contributed by atoms with van der Waals surface area (Å²) in [6.07, 6.45) is 2.75. The van der Waals surface area contributed by atoms with Crippen LogP contribution in [0.15, 0.2) is 12.4 Å². The summed E-state index contributed by atoms with van der Waals surface area (Å²) in [6, 6.07) is 0. The van der Waals surface area contributed by atoms with E-state index in [4.69, 9.17) is 5.73 Å². The topological polar surface area (TPSA) is 78.1 Å². The number of nitrogen functional groups attached to an aromatic ring is 1. The smallest absolute Gasteiger partial charge is 0.372 e. The van der Waals surface area contributed by atoms with Crippen LogP contribution in [0.1, 0.15) is 10.5 Å². The Morgan fingerprint density at radius 3 is 2.73 bits per heavy atom. The van der Waals surface area contributed by atoms with E-state index in [0.717, 1.165) is 0 Å². The Balaban J connectivity index is 3.03. The Morgan fingerprint density at radius 1 is 1.55 bits per heavy atom. The molecule has 0 saturated heterocycles. The van der Waals surface area contributed by atoms with Crippen LogP contribution in [0.2, 0.25) is 0 Å². The quantitative estimate of drug-likeness (QED) is 0.743. The first-order chi connectivity index (χ1) is 5.25. The van der Waals surface area contributed by atoms with Crippen molar-refractivity contribution in [2.75, 3.05) is 5.73 Å². The zero-order valence-corrected chi connectivity index (χ0v) is 6.91. The number of aromatic nitrogens is 2. The maximum atomic E-state index is 10.8. The molecule has 58 valence electrons. The molecule has 0 fully saturated rings. The van der Waals surface area contributed by atoms with Gasteiger partial charge in [-0.1, -0.05) is 0 Å². The number of halogens is 1. The van der Waals surface area contributed by atoms with Gasteiger partial charge >= 0.3 is 5.97 Å². The van der Waals surface area contributed by atoms with E-state index in [1.807, 2.05) is 0 Å². The van der Waals surface area contributed by atoms with Gasteiger partial charge in [-0.05, 0) is 0 Å². The highest BCUT2D eigenvalue weighted by molar-refractivity contribution is 9.06. The molecule has 0 aliphatic heterocycles. The molecule has 0 spiro atoms. The van der Waals surface area contributed by atoms with Crippen molar-refractivity contribution in [1.82, 2.24) is 9.97 Å². The van der Waals surface area contributed by atoms with Crippen LogP contribution in [-0.2, 0) is 3.83 Å². The van der Waals surface area contributed by atoms with E-state index in [2.05, 4.69) is 30.1 Å². The first kappa shape index (κ1) is 7.93. The summed E-state index contributed by atoms with van der Waals surface area (Å²) in [4.78, 5) is 18.1. The number of hydrogen-bond acceptors (Lipinski definition) is 5. The van der Waals surface area contributed by atoms with Gasteiger partial charge in [-0.3, -0.25) is 0 Å². The van der Waals surface area contributed by atoms with Crippen molar-refractivity contribution >= 4 is 28.0 Å². The van der Waals surface area contributed by atoms with Crippen LogP contribution < -0.4 is 5.73 Å². The summed E-state index contributed by atoms with van der Waals surface area (Å²) >= 11 is 2.51. The van der Waals surface area contributed by atoms with Gasteiger partial charge in [0, 0.05) is 12.4 Å². The van der Waals surface area contributed by atoms with Crippen molar-refractivity contribution in [1.29, 1.82) is 0 Å². The lowest BCUT2D eigenvalue weighted by Gasteiger charge is -1.96. The second-order valence-corrected chi connectivity index (χ2v) is 1.98. The lowest BCUT2D eigenvalue weighted by Crippen LogP contribution is -2.07. The van der Waals surface area contributed by atoms with E-state index in [9.17, 15) is 4.79 Å². The molecule has 0 aliphatic rings. The van der Waals surface area contributed by atoms with Gasteiger partial charge in [0.1, 0.15) is 0 Å². The maximum Gasteiger partial charge on any atom is 0.372 e. The van der Waals surface area contributed by atoms with Gasteiger partial charge in [0.2, 0.25) is 0 Å². The Morgan fingerprint density at radius 2 is 2.18 bits per heavy atom. The van der Waals surface area contributed by atoms with Crippen molar-refractivity contribution in [3.05, 3.63) is 18.1 Å². The van der Waals surface area contributed by atoms with Crippen LogP contribution in [0.4, 0.5) is 5.82 Å². The Kier molecular flexibility index (Phi) is 2.37. The molecule has 0 radical (unpaired) electrons. The Bertz CT molecular complexity index is 278. The monoisotopic (exact) mass is 217 g/mol. The van der Waals surface area contributed by atoms with Crippen LogP contribution in [0, 0.1) is 0 Å². The van der Waals surface area contributed by atoms with Crippen LogP contribution in [0.5, 0.6) is 0 Å². The van der Waals surface area contributed by atoms with Gasteiger partial charge in [-0.25, -0.2) is 14.8 Å². The van der Waals surface area contributed by atoms with E-state index in [0.29, 0.717) is 0 Å². The highest BCUT2D eigenvalue weighted by Crippen LogP contribution is 2.05. The van der Waals surface area contributed by atoms with E-state index in [-0.39, 0.29) is 11.5 Å². The van der Waals surface area contributed by atoms with Gasteiger partial charge in [0.15, 0.2) is 27.8 Å². The second-order valence-electron chi connectivity index (χ2n) is 1.65. The lowest BCUT2D eigenvalue weighted by molar-refractivity contribution is 0.0777. The molecule has 11 heavy (non-hydrogen) atoms. The molecule has 2 N–H and O–H groups in total. The fourth-order valence-electron chi connectivity index (χ4n) is 0.543. The molecule has 0 aromatic carbocycles. The molecular formula is C5H4BrN3O2. The summed E-state index contributed by atoms with van der Waals surface area (Å²) in [7, 11) is 0. The molecular weight excluding hydrogens is 214 g/mol.